The van der Waals surface area contributed by atoms with Gasteiger partial charge in [0.2, 0.25) is 0 Å². The molecular weight excluding hydrogens is 664 g/mol. The zero-order chi connectivity index (χ0) is 35.7. The van der Waals surface area contributed by atoms with Crippen molar-refractivity contribution in [2.45, 2.75) is 60.3 Å². The van der Waals surface area contributed by atoms with Crippen LogP contribution in [0.5, 0.6) is 0 Å². The van der Waals surface area contributed by atoms with Gasteiger partial charge < -0.3 is 15.4 Å². The van der Waals surface area contributed by atoms with E-state index in [1.807, 2.05) is 107 Å². The molecule has 0 aromatic carbocycles. The minimum Gasteiger partial charge on any atom is -0.396 e. The molecule has 12 nitrogen and oxygen atoms in total. The molecule has 5 aromatic heterocycles. The summed E-state index contributed by atoms with van der Waals surface area (Å²) in [6.07, 6.45) is 4.91. The van der Waals surface area contributed by atoms with Gasteiger partial charge in [0.05, 0.1) is 11.4 Å². The van der Waals surface area contributed by atoms with E-state index in [9.17, 15) is 0 Å². The molecule has 5 rings (SSSR count). The largest absolute Gasteiger partial charge is 0.396 e. The van der Waals surface area contributed by atoms with Crippen LogP contribution in [-0.4, -0.2) is 60.4 Å². The van der Waals surface area contributed by atoms with Crippen molar-refractivity contribution in [2.75, 3.05) is 13.2 Å². The maximum absolute atomic E-state index is 7.39. The number of nitrogens with two attached hydrogens (primary N) is 1. The summed E-state index contributed by atoms with van der Waals surface area (Å²) in [5.74, 6) is 0.632. The van der Waals surface area contributed by atoms with Gasteiger partial charge in [-0.05, 0) is 115 Å². The number of hydrogen-bond acceptors (Lipinski definition) is 11. The second kappa shape index (κ2) is 20.8. The molecule has 5 heterocycles. The Morgan fingerprint density at radius 3 is 1.65 bits per heavy atom. The second-order valence-electron chi connectivity index (χ2n) is 11.5. The monoisotopic (exact) mass is 708 g/mol. The minimum absolute atomic E-state index is 0. The van der Waals surface area contributed by atoms with Gasteiger partial charge in [-0.25, -0.2) is 19.9 Å². The fraction of sp³-hybridized carbons (Fsp3) is 0.289. The van der Waals surface area contributed by atoms with Gasteiger partial charge in [-0.15, -0.1) is 12.4 Å². The van der Waals surface area contributed by atoms with E-state index in [0.29, 0.717) is 24.7 Å². The quantitative estimate of drug-likeness (QED) is 0.0546. The number of nitrogens with zero attached hydrogens (tertiary/aromatic N) is 8. The summed E-state index contributed by atoms with van der Waals surface area (Å²) in [6.45, 7) is 10.6. The Hall–Kier alpha value is -5.62. The molecule has 0 bridgehead atoms. The molecule has 51 heavy (non-hydrogen) atoms. The third kappa shape index (κ3) is 13.7. The number of pyridine rings is 4. The number of halogens is 1. The third-order valence-corrected chi connectivity index (χ3v) is 7.17. The normalized spacial score (nSPS) is 11.2. The number of nitrogen functional groups attached to an aromatic ring is 1. The Labute approximate surface area is 305 Å². The van der Waals surface area contributed by atoms with E-state index in [1.165, 1.54) is 0 Å². The average Bonchev–Trinajstić information content (AvgIpc) is 3.11. The zero-order valence-corrected chi connectivity index (χ0v) is 30.5. The Morgan fingerprint density at radius 1 is 0.627 bits per heavy atom. The summed E-state index contributed by atoms with van der Waals surface area (Å²) in [4.78, 5) is 37.3. The van der Waals surface area contributed by atoms with Crippen molar-refractivity contribution in [1.29, 1.82) is 5.41 Å². The summed E-state index contributed by atoms with van der Waals surface area (Å²) in [6, 6.07) is 24.9. The topological polar surface area (TPSA) is 170 Å². The first-order chi connectivity index (χ1) is 24.2. The van der Waals surface area contributed by atoms with Crippen LogP contribution in [0.3, 0.4) is 0 Å². The van der Waals surface area contributed by atoms with E-state index in [1.54, 1.807) is 12.3 Å². The molecule has 0 fully saturated rings. The van der Waals surface area contributed by atoms with Gasteiger partial charge in [0.1, 0.15) is 41.9 Å². The van der Waals surface area contributed by atoms with Crippen LogP contribution in [0.15, 0.2) is 95.4 Å². The highest BCUT2D eigenvalue weighted by Crippen LogP contribution is 2.13. The number of amidine groups is 1. The number of oxime groups is 2. The van der Waals surface area contributed by atoms with Crippen molar-refractivity contribution in [3.05, 3.63) is 131 Å². The summed E-state index contributed by atoms with van der Waals surface area (Å²) >= 11 is 0. The number of hydrogen-bond donors (Lipinski definition) is 2. The highest BCUT2D eigenvalue weighted by Gasteiger charge is 2.06. The number of rotatable bonds is 14. The van der Waals surface area contributed by atoms with E-state index in [-0.39, 0.29) is 18.2 Å². The molecule has 0 saturated carbocycles. The second-order valence-corrected chi connectivity index (χ2v) is 11.5. The van der Waals surface area contributed by atoms with Crippen molar-refractivity contribution >= 4 is 29.7 Å². The van der Waals surface area contributed by atoms with Crippen LogP contribution in [-0.2, 0) is 22.5 Å². The van der Waals surface area contributed by atoms with Gasteiger partial charge >= 0.3 is 0 Å². The SMILES string of the molecule is C/C(=N\OCCCc1cccc(-c2nccc(C)n2)n1)c1cccc(C)n1.C/C(=N\OCCCc1cccc(C(=N)N)n1)c1cccc(C)n1.Cl. The molecule has 5 aromatic rings. The van der Waals surface area contributed by atoms with Crippen LogP contribution in [0.25, 0.3) is 11.5 Å². The van der Waals surface area contributed by atoms with Crippen molar-refractivity contribution < 1.29 is 9.68 Å². The smallest absolute Gasteiger partial charge is 0.178 e. The Bertz CT molecular complexity index is 1930. The van der Waals surface area contributed by atoms with Gasteiger partial charge in [-0.2, -0.15) is 0 Å². The van der Waals surface area contributed by atoms with Gasteiger partial charge in [0, 0.05) is 34.7 Å². The van der Waals surface area contributed by atoms with Gasteiger partial charge in [-0.3, -0.25) is 15.4 Å². The maximum Gasteiger partial charge on any atom is 0.178 e. The molecule has 0 aliphatic carbocycles. The molecule has 0 spiro atoms. The highest BCUT2D eigenvalue weighted by molar-refractivity contribution is 5.97. The van der Waals surface area contributed by atoms with Crippen LogP contribution in [0, 0.1) is 26.2 Å². The van der Waals surface area contributed by atoms with E-state index in [0.717, 1.165) is 82.7 Å². The lowest BCUT2D eigenvalue weighted by molar-refractivity contribution is 0.141. The van der Waals surface area contributed by atoms with Crippen molar-refractivity contribution in [2.24, 2.45) is 16.0 Å². The van der Waals surface area contributed by atoms with Gasteiger partial charge in [0.15, 0.2) is 5.82 Å². The molecule has 266 valence electrons. The van der Waals surface area contributed by atoms with E-state index < -0.39 is 0 Å². The fourth-order valence-corrected chi connectivity index (χ4v) is 4.59. The third-order valence-electron chi connectivity index (χ3n) is 7.17. The predicted molar refractivity (Wildman–Crippen MR) is 203 cm³/mol. The standard InChI is InChI=1S/C21H23N5O.C17H21N5O.ClH/c1-15-7-4-10-19(23-15)17(3)26-27-14-6-9-18-8-5-11-20(25-18)21-22-13-12-16(2)24-21;1-12-6-3-9-15(20-12)13(2)22-23-11-5-8-14-7-4-10-16(21-14)17(18)19;/h4-5,7-8,10-13H,6,9,14H2,1-3H3;3-4,6-7,9-10H,5,8,11H2,1-2H3,(H3,18,19);1H/b26-17+;22-13+;. The van der Waals surface area contributed by atoms with E-state index in [4.69, 9.17) is 20.8 Å². The molecule has 0 radical (unpaired) electrons. The summed E-state index contributed by atoms with van der Waals surface area (Å²) in [5.41, 5.74) is 14.6. The molecule has 0 unspecified atom stereocenters. The fourth-order valence-electron chi connectivity index (χ4n) is 4.59. The Kier molecular flexibility index (Phi) is 16.2. The maximum atomic E-state index is 7.39. The number of aryl methyl sites for hydroxylation is 5. The summed E-state index contributed by atoms with van der Waals surface area (Å²) in [5, 5.41) is 15.6. The van der Waals surface area contributed by atoms with Crippen LogP contribution < -0.4 is 5.73 Å². The molecule has 0 aliphatic heterocycles. The average molecular weight is 709 g/mol. The first-order valence-corrected chi connectivity index (χ1v) is 16.5. The van der Waals surface area contributed by atoms with Crippen molar-refractivity contribution in [3.63, 3.8) is 0 Å². The molecular formula is C38H45ClN10O2. The Morgan fingerprint density at radius 2 is 1.12 bits per heavy atom. The highest BCUT2D eigenvalue weighted by atomic mass is 35.5. The predicted octanol–water partition coefficient (Wildman–Crippen LogP) is 6.79. The van der Waals surface area contributed by atoms with Crippen LogP contribution in [0.1, 0.15) is 72.2 Å². The number of aromatic nitrogens is 6. The molecule has 0 atom stereocenters. The lowest BCUT2D eigenvalue weighted by Crippen LogP contribution is -2.13. The van der Waals surface area contributed by atoms with Gasteiger partial charge in [-0.1, -0.05) is 34.6 Å². The molecule has 0 amide bonds. The van der Waals surface area contributed by atoms with Gasteiger partial charge in [0.25, 0.3) is 0 Å². The van der Waals surface area contributed by atoms with Crippen LogP contribution >= 0.6 is 12.4 Å². The van der Waals surface area contributed by atoms with E-state index in [2.05, 4.69) is 40.2 Å². The van der Waals surface area contributed by atoms with Crippen LogP contribution in [0.4, 0.5) is 0 Å². The molecule has 3 N–H and O–H groups in total. The summed E-state index contributed by atoms with van der Waals surface area (Å²) in [7, 11) is 0. The zero-order valence-electron chi connectivity index (χ0n) is 29.7. The lowest BCUT2D eigenvalue weighted by atomic mass is 10.2. The minimum atomic E-state index is -0.0195. The lowest BCUT2D eigenvalue weighted by Gasteiger charge is -2.05. The van der Waals surface area contributed by atoms with Crippen LogP contribution in [0.2, 0.25) is 0 Å². The first-order valence-electron chi connectivity index (χ1n) is 16.5. The van der Waals surface area contributed by atoms with Crippen molar-refractivity contribution in [1.82, 2.24) is 29.9 Å². The molecule has 0 aliphatic rings. The van der Waals surface area contributed by atoms with Crippen molar-refractivity contribution in [3.8, 4) is 11.5 Å². The molecule has 0 saturated heterocycles. The summed E-state index contributed by atoms with van der Waals surface area (Å²) < 4.78 is 0. The van der Waals surface area contributed by atoms with E-state index >= 15 is 0 Å². The first kappa shape index (κ1) is 39.8. The number of nitrogens with one attached hydrogen (secondary N) is 1. The Balaban J connectivity index is 0.000000274. The molecule has 13 heteroatoms.